The predicted molar refractivity (Wildman–Crippen MR) is 76.7 cm³/mol. The van der Waals surface area contributed by atoms with E-state index in [4.69, 9.17) is 27.9 Å². The number of hydrogen-bond acceptors (Lipinski definition) is 2. The van der Waals surface area contributed by atoms with E-state index >= 15 is 0 Å². The third-order valence-electron chi connectivity index (χ3n) is 3.30. The summed E-state index contributed by atoms with van der Waals surface area (Å²) in [5.41, 5.74) is 0.998. The molecule has 19 heavy (non-hydrogen) atoms. The fourth-order valence-electron chi connectivity index (χ4n) is 2.15. The lowest BCUT2D eigenvalue weighted by Crippen LogP contribution is -2.35. The van der Waals surface area contributed by atoms with Crippen LogP contribution >= 0.6 is 23.2 Å². The molecule has 0 spiro atoms. The first-order valence-corrected chi connectivity index (χ1v) is 7.22. The standard InChI is InChI=1S/C14H17Cl2NO2/c15-12-2-1-10(13(16)9-12)3-6-17-14(18)11-4-7-19-8-5-11/h1-2,9,11H,3-8H2,(H,17,18). The lowest BCUT2D eigenvalue weighted by atomic mass is 9.99. The molecule has 3 nitrogen and oxygen atoms in total. The predicted octanol–water partition coefficient (Wildman–Crippen LogP) is 3.08. The average molecular weight is 302 g/mol. The molecule has 0 aromatic heterocycles. The number of carbonyl (C=O) groups is 1. The van der Waals surface area contributed by atoms with Gasteiger partial charge in [-0.05, 0) is 37.0 Å². The Morgan fingerprint density at radius 1 is 1.32 bits per heavy atom. The van der Waals surface area contributed by atoms with Gasteiger partial charge in [-0.1, -0.05) is 29.3 Å². The molecule has 1 aromatic rings. The smallest absolute Gasteiger partial charge is 0.223 e. The third-order valence-corrected chi connectivity index (χ3v) is 3.89. The highest BCUT2D eigenvalue weighted by molar-refractivity contribution is 6.35. The van der Waals surface area contributed by atoms with E-state index in [0.29, 0.717) is 36.2 Å². The Morgan fingerprint density at radius 3 is 2.74 bits per heavy atom. The molecule has 0 saturated carbocycles. The van der Waals surface area contributed by atoms with Gasteiger partial charge in [0.2, 0.25) is 5.91 Å². The monoisotopic (exact) mass is 301 g/mol. The first-order chi connectivity index (χ1) is 9.16. The lowest BCUT2D eigenvalue weighted by Gasteiger charge is -2.21. The number of carbonyl (C=O) groups excluding carboxylic acids is 1. The maximum absolute atomic E-state index is 11.9. The van der Waals surface area contributed by atoms with E-state index in [0.717, 1.165) is 18.4 Å². The van der Waals surface area contributed by atoms with Crippen LogP contribution in [0.1, 0.15) is 18.4 Å². The van der Waals surface area contributed by atoms with Crippen molar-refractivity contribution in [2.24, 2.45) is 5.92 Å². The fraction of sp³-hybridized carbons (Fsp3) is 0.500. The van der Waals surface area contributed by atoms with Crippen LogP contribution in [0.2, 0.25) is 10.0 Å². The highest BCUT2D eigenvalue weighted by atomic mass is 35.5. The molecule has 0 radical (unpaired) electrons. The van der Waals surface area contributed by atoms with E-state index in [1.807, 2.05) is 12.1 Å². The maximum Gasteiger partial charge on any atom is 0.223 e. The molecule has 1 saturated heterocycles. The van der Waals surface area contributed by atoms with Gasteiger partial charge >= 0.3 is 0 Å². The van der Waals surface area contributed by atoms with E-state index in [9.17, 15) is 4.79 Å². The summed E-state index contributed by atoms with van der Waals surface area (Å²) in [7, 11) is 0. The molecule has 1 heterocycles. The Kier molecular flexibility index (Phi) is 5.49. The van der Waals surface area contributed by atoms with Crippen LogP contribution in [-0.4, -0.2) is 25.7 Å². The second-order valence-corrected chi connectivity index (χ2v) is 5.51. The van der Waals surface area contributed by atoms with Crippen LogP contribution in [0, 0.1) is 5.92 Å². The first-order valence-electron chi connectivity index (χ1n) is 6.46. The minimum absolute atomic E-state index is 0.0921. The van der Waals surface area contributed by atoms with Crippen LogP contribution in [-0.2, 0) is 16.0 Å². The molecule has 1 aliphatic rings. The Labute approximate surface area is 123 Å². The summed E-state index contributed by atoms with van der Waals surface area (Å²) < 4.78 is 5.24. The zero-order valence-corrected chi connectivity index (χ0v) is 12.1. The molecule has 1 amide bonds. The van der Waals surface area contributed by atoms with Gasteiger partial charge in [-0.15, -0.1) is 0 Å². The number of nitrogens with one attached hydrogen (secondary N) is 1. The average Bonchev–Trinajstić information content (AvgIpc) is 2.42. The second-order valence-electron chi connectivity index (χ2n) is 4.66. The number of ether oxygens (including phenoxy) is 1. The largest absolute Gasteiger partial charge is 0.381 e. The normalized spacial score (nSPS) is 16.3. The van der Waals surface area contributed by atoms with E-state index in [1.54, 1.807) is 6.07 Å². The number of rotatable bonds is 4. The first kappa shape index (κ1) is 14.6. The summed E-state index contributed by atoms with van der Waals surface area (Å²) in [6.07, 6.45) is 2.34. The van der Waals surface area contributed by atoms with Crippen LogP contribution in [0.25, 0.3) is 0 Å². The summed E-state index contributed by atoms with van der Waals surface area (Å²) in [6, 6.07) is 5.42. The minimum Gasteiger partial charge on any atom is -0.381 e. The Hall–Kier alpha value is -0.770. The third kappa shape index (κ3) is 4.37. The lowest BCUT2D eigenvalue weighted by molar-refractivity contribution is -0.127. The van der Waals surface area contributed by atoms with Crippen molar-refractivity contribution in [2.75, 3.05) is 19.8 Å². The molecule has 0 bridgehead atoms. The van der Waals surface area contributed by atoms with Gasteiger partial charge in [-0.2, -0.15) is 0 Å². The molecule has 1 N–H and O–H groups in total. The van der Waals surface area contributed by atoms with Crippen molar-refractivity contribution in [2.45, 2.75) is 19.3 Å². The Bertz CT molecular complexity index is 445. The highest BCUT2D eigenvalue weighted by Gasteiger charge is 2.20. The molecule has 1 aromatic carbocycles. The fourth-order valence-corrected chi connectivity index (χ4v) is 2.65. The molecule has 0 unspecified atom stereocenters. The minimum atomic E-state index is 0.0921. The van der Waals surface area contributed by atoms with Crippen molar-refractivity contribution < 1.29 is 9.53 Å². The van der Waals surface area contributed by atoms with E-state index in [1.165, 1.54) is 0 Å². The van der Waals surface area contributed by atoms with E-state index in [-0.39, 0.29) is 11.8 Å². The molecule has 5 heteroatoms. The summed E-state index contributed by atoms with van der Waals surface area (Å²) in [5, 5.41) is 4.23. The van der Waals surface area contributed by atoms with Crippen LogP contribution in [0.15, 0.2) is 18.2 Å². The highest BCUT2D eigenvalue weighted by Crippen LogP contribution is 2.21. The van der Waals surface area contributed by atoms with Crippen molar-refractivity contribution in [1.29, 1.82) is 0 Å². The van der Waals surface area contributed by atoms with Crippen LogP contribution in [0.3, 0.4) is 0 Å². The molecule has 104 valence electrons. The second kappa shape index (κ2) is 7.13. The van der Waals surface area contributed by atoms with Crippen molar-refractivity contribution in [3.8, 4) is 0 Å². The van der Waals surface area contributed by atoms with Gasteiger partial charge in [0.15, 0.2) is 0 Å². The Morgan fingerprint density at radius 2 is 2.05 bits per heavy atom. The summed E-state index contributed by atoms with van der Waals surface area (Å²) in [5.74, 6) is 0.211. The number of halogens is 2. The zero-order chi connectivity index (χ0) is 13.7. The van der Waals surface area contributed by atoms with Crippen molar-refractivity contribution in [1.82, 2.24) is 5.32 Å². The van der Waals surface area contributed by atoms with Crippen LogP contribution in [0.5, 0.6) is 0 Å². The van der Waals surface area contributed by atoms with Crippen LogP contribution in [0.4, 0.5) is 0 Å². The van der Waals surface area contributed by atoms with Gasteiger partial charge in [0.25, 0.3) is 0 Å². The Balaban J connectivity index is 1.78. The van der Waals surface area contributed by atoms with Crippen LogP contribution < -0.4 is 5.32 Å². The SMILES string of the molecule is O=C(NCCc1ccc(Cl)cc1Cl)C1CCOCC1. The zero-order valence-electron chi connectivity index (χ0n) is 10.6. The maximum atomic E-state index is 11.9. The van der Waals surface area contributed by atoms with Crippen molar-refractivity contribution in [3.63, 3.8) is 0 Å². The van der Waals surface area contributed by atoms with Gasteiger partial charge < -0.3 is 10.1 Å². The van der Waals surface area contributed by atoms with Crippen molar-refractivity contribution >= 4 is 29.1 Å². The van der Waals surface area contributed by atoms with Crippen molar-refractivity contribution in [3.05, 3.63) is 33.8 Å². The number of benzene rings is 1. The van der Waals surface area contributed by atoms with Gasteiger partial charge in [0.05, 0.1) is 0 Å². The molecular formula is C14H17Cl2NO2. The summed E-state index contributed by atoms with van der Waals surface area (Å²) in [6.45, 7) is 1.96. The summed E-state index contributed by atoms with van der Waals surface area (Å²) >= 11 is 11.9. The summed E-state index contributed by atoms with van der Waals surface area (Å²) in [4.78, 5) is 11.9. The van der Waals surface area contributed by atoms with E-state index in [2.05, 4.69) is 5.32 Å². The molecular weight excluding hydrogens is 285 g/mol. The molecule has 1 aliphatic heterocycles. The molecule has 0 atom stereocenters. The van der Waals surface area contributed by atoms with Gasteiger partial charge in [0, 0.05) is 35.7 Å². The number of amides is 1. The topological polar surface area (TPSA) is 38.3 Å². The molecule has 2 rings (SSSR count). The van der Waals surface area contributed by atoms with Gasteiger partial charge in [-0.25, -0.2) is 0 Å². The quantitative estimate of drug-likeness (QED) is 0.928. The molecule has 1 fully saturated rings. The van der Waals surface area contributed by atoms with Gasteiger partial charge in [-0.3, -0.25) is 4.79 Å². The molecule has 0 aliphatic carbocycles. The number of hydrogen-bond donors (Lipinski definition) is 1. The van der Waals surface area contributed by atoms with Gasteiger partial charge in [0.1, 0.15) is 0 Å². The van der Waals surface area contributed by atoms with E-state index < -0.39 is 0 Å².